The van der Waals surface area contributed by atoms with Gasteiger partial charge in [0.25, 0.3) is 0 Å². The van der Waals surface area contributed by atoms with Crippen molar-refractivity contribution >= 4 is 21.6 Å². The van der Waals surface area contributed by atoms with Gasteiger partial charge in [0.1, 0.15) is 6.33 Å². The lowest BCUT2D eigenvalue weighted by atomic mass is 10.3. The molecule has 0 N–H and O–H groups in total. The van der Waals surface area contributed by atoms with Crippen LogP contribution in [0.3, 0.4) is 0 Å². The van der Waals surface area contributed by atoms with Crippen LogP contribution in [0.1, 0.15) is 30.1 Å². The smallest absolute Gasteiger partial charge is 0.289 e. The number of alkyl halides is 3. The molecular formula is C10H7BrF3N3. The van der Waals surface area contributed by atoms with E-state index in [0.29, 0.717) is 10.4 Å². The first-order chi connectivity index (χ1) is 7.97. The van der Waals surface area contributed by atoms with E-state index in [1.807, 2.05) is 0 Å². The molecule has 1 saturated carbocycles. The second-order valence-corrected chi connectivity index (χ2v) is 4.87. The topological polar surface area (TPSA) is 30.2 Å². The number of rotatable bonds is 1. The largest absolute Gasteiger partial charge is 0.434 e. The quantitative estimate of drug-likeness (QED) is 0.808. The molecule has 0 unspecified atom stereocenters. The molecule has 2 heterocycles. The fourth-order valence-corrected chi connectivity index (χ4v) is 2.44. The third-order valence-corrected chi connectivity index (χ3v) is 3.49. The molecule has 1 aliphatic rings. The van der Waals surface area contributed by atoms with Crippen molar-refractivity contribution in [2.75, 3.05) is 0 Å². The van der Waals surface area contributed by atoms with Gasteiger partial charge in [-0.15, -0.1) is 0 Å². The average molecular weight is 306 g/mol. The summed E-state index contributed by atoms with van der Waals surface area (Å²) in [4.78, 5) is 7.78. The zero-order valence-electron chi connectivity index (χ0n) is 8.50. The monoisotopic (exact) mass is 305 g/mol. The highest BCUT2D eigenvalue weighted by Gasteiger charge is 2.35. The van der Waals surface area contributed by atoms with Crippen molar-refractivity contribution in [3.05, 3.63) is 28.4 Å². The van der Waals surface area contributed by atoms with Gasteiger partial charge in [-0.1, -0.05) is 0 Å². The average Bonchev–Trinajstić information content (AvgIpc) is 2.95. The summed E-state index contributed by atoms with van der Waals surface area (Å²) in [6.45, 7) is 0. The fourth-order valence-electron chi connectivity index (χ4n) is 1.72. The minimum absolute atomic E-state index is 0.272. The number of hydrogen-bond acceptors (Lipinski definition) is 2. The van der Waals surface area contributed by atoms with Gasteiger partial charge >= 0.3 is 6.18 Å². The molecule has 3 nitrogen and oxygen atoms in total. The second-order valence-electron chi connectivity index (χ2n) is 4.07. The molecule has 90 valence electrons. The van der Waals surface area contributed by atoms with Gasteiger partial charge in [-0.3, -0.25) is 4.40 Å². The predicted molar refractivity (Wildman–Crippen MR) is 57.7 cm³/mol. The molecule has 2 aromatic rings. The normalized spacial score (nSPS) is 16.7. The van der Waals surface area contributed by atoms with Gasteiger partial charge < -0.3 is 0 Å². The Hall–Kier alpha value is -1.11. The molecule has 0 amide bonds. The number of aromatic nitrogens is 3. The van der Waals surface area contributed by atoms with Crippen molar-refractivity contribution in [3.8, 4) is 0 Å². The summed E-state index contributed by atoms with van der Waals surface area (Å²) in [6.07, 6.45) is -0.0197. The van der Waals surface area contributed by atoms with E-state index in [9.17, 15) is 13.2 Å². The third kappa shape index (κ3) is 1.82. The van der Waals surface area contributed by atoms with Crippen molar-refractivity contribution in [2.24, 2.45) is 0 Å². The number of hydrogen-bond donors (Lipinski definition) is 0. The maximum absolute atomic E-state index is 12.5. The van der Waals surface area contributed by atoms with Crippen LogP contribution in [-0.2, 0) is 6.18 Å². The highest BCUT2D eigenvalue weighted by atomic mass is 79.9. The molecule has 0 aromatic carbocycles. The highest BCUT2D eigenvalue weighted by Crippen LogP contribution is 2.43. The first-order valence-corrected chi connectivity index (χ1v) is 5.86. The Balaban J connectivity index is 2.19. The van der Waals surface area contributed by atoms with Gasteiger partial charge in [-0.2, -0.15) is 13.2 Å². The molecule has 0 radical (unpaired) electrons. The minimum Gasteiger partial charge on any atom is -0.289 e. The van der Waals surface area contributed by atoms with Crippen molar-refractivity contribution in [3.63, 3.8) is 0 Å². The van der Waals surface area contributed by atoms with E-state index in [-0.39, 0.29) is 5.65 Å². The van der Waals surface area contributed by atoms with Crippen molar-refractivity contribution < 1.29 is 13.2 Å². The number of nitrogens with zero attached hydrogens (tertiary/aromatic N) is 3. The predicted octanol–water partition coefficient (Wildman–Crippen LogP) is 3.39. The van der Waals surface area contributed by atoms with Gasteiger partial charge in [0.2, 0.25) is 0 Å². The SMILES string of the molecule is FC(F)(F)c1cn2cnc(C3CC3)c(Br)c2n1. The Morgan fingerprint density at radius 3 is 2.65 bits per heavy atom. The second kappa shape index (κ2) is 3.44. The first kappa shape index (κ1) is 11.0. The van der Waals surface area contributed by atoms with Gasteiger partial charge in [0.15, 0.2) is 11.3 Å². The number of imidazole rings is 1. The molecule has 3 rings (SSSR count). The van der Waals surface area contributed by atoms with Gasteiger partial charge in [0, 0.05) is 12.1 Å². The van der Waals surface area contributed by atoms with E-state index >= 15 is 0 Å². The summed E-state index contributed by atoms with van der Waals surface area (Å²) in [5.41, 5.74) is 0.180. The molecule has 0 spiro atoms. The van der Waals surface area contributed by atoms with Crippen LogP contribution in [0.25, 0.3) is 5.65 Å². The van der Waals surface area contributed by atoms with E-state index in [0.717, 1.165) is 24.7 Å². The molecular weight excluding hydrogens is 299 g/mol. The molecule has 0 aliphatic heterocycles. The Labute approximate surface area is 103 Å². The van der Waals surface area contributed by atoms with Crippen LogP contribution < -0.4 is 0 Å². The summed E-state index contributed by atoms with van der Waals surface area (Å²) >= 11 is 3.29. The summed E-state index contributed by atoms with van der Waals surface area (Å²) < 4.78 is 39.4. The standard InChI is InChI=1S/C10H7BrF3N3/c11-7-8(5-1-2-5)15-4-17-3-6(10(12,13)14)16-9(7)17/h3-5H,1-2H2. The number of fused-ring (bicyclic) bond motifs is 1. The van der Waals surface area contributed by atoms with Crippen LogP contribution in [0.2, 0.25) is 0 Å². The summed E-state index contributed by atoms with van der Waals surface area (Å²) in [6, 6.07) is 0. The lowest BCUT2D eigenvalue weighted by molar-refractivity contribution is -0.140. The summed E-state index contributed by atoms with van der Waals surface area (Å²) in [7, 11) is 0. The summed E-state index contributed by atoms with van der Waals surface area (Å²) in [5.74, 6) is 0.361. The molecule has 7 heteroatoms. The van der Waals surface area contributed by atoms with Crippen LogP contribution in [0.4, 0.5) is 13.2 Å². The Morgan fingerprint density at radius 1 is 1.35 bits per heavy atom. The first-order valence-electron chi connectivity index (χ1n) is 5.07. The molecule has 1 aliphatic carbocycles. The number of halogens is 4. The van der Waals surface area contributed by atoms with Crippen molar-refractivity contribution in [1.82, 2.24) is 14.4 Å². The van der Waals surface area contributed by atoms with Crippen LogP contribution >= 0.6 is 15.9 Å². The molecule has 1 fully saturated rings. The highest BCUT2D eigenvalue weighted by molar-refractivity contribution is 9.10. The van der Waals surface area contributed by atoms with E-state index in [1.54, 1.807) is 0 Å². The van der Waals surface area contributed by atoms with E-state index in [1.165, 1.54) is 10.7 Å². The Kier molecular flexibility index (Phi) is 2.23. The molecule has 0 atom stereocenters. The van der Waals surface area contributed by atoms with E-state index in [2.05, 4.69) is 25.9 Å². The maximum Gasteiger partial charge on any atom is 0.434 e. The minimum atomic E-state index is -4.43. The Morgan fingerprint density at radius 2 is 2.06 bits per heavy atom. The maximum atomic E-state index is 12.5. The van der Waals surface area contributed by atoms with E-state index in [4.69, 9.17) is 0 Å². The molecule has 0 saturated heterocycles. The van der Waals surface area contributed by atoms with Gasteiger partial charge in [0.05, 0.1) is 10.2 Å². The van der Waals surface area contributed by atoms with Crippen LogP contribution in [0, 0.1) is 0 Å². The Bertz CT molecular complexity index is 586. The van der Waals surface area contributed by atoms with Crippen LogP contribution in [0.15, 0.2) is 17.0 Å². The summed E-state index contributed by atoms with van der Waals surface area (Å²) in [5, 5.41) is 0. The third-order valence-electron chi connectivity index (χ3n) is 2.73. The molecule has 2 aromatic heterocycles. The lowest BCUT2D eigenvalue weighted by Gasteiger charge is -2.02. The zero-order chi connectivity index (χ0) is 12.2. The van der Waals surface area contributed by atoms with E-state index < -0.39 is 11.9 Å². The van der Waals surface area contributed by atoms with Crippen LogP contribution in [0.5, 0.6) is 0 Å². The molecule has 17 heavy (non-hydrogen) atoms. The van der Waals surface area contributed by atoms with Crippen molar-refractivity contribution in [1.29, 1.82) is 0 Å². The fraction of sp³-hybridized carbons (Fsp3) is 0.400. The lowest BCUT2D eigenvalue weighted by Crippen LogP contribution is -2.04. The van der Waals surface area contributed by atoms with Crippen molar-refractivity contribution in [2.45, 2.75) is 24.9 Å². The van der Waals surface area contributed by atoms with Gasteiger partial charge in [-0.25, -0.2) is 9.97 Å². The van der Waals surface area contributed by atoms with Gasteiger partial charge in [-0.05, 0) is 28.8 Å². The van der Waals surface area contributed by atoms with Crippen LogP contribution in [-0.4, -0.2) is 14.4 Å². The zero-order valence-corrected chi connectivity index (χ0v) is 10.1. The molecule has 0 bridgehead atoms.